The number of esters is 1. The van der Waals surface area contributed by atoms with E-state index in [0.717, 1.165) is 16.5 Å². The zero-order valence-electron chi connectivity index (χ0n) is 36.0. The number of amides is 2. The van der Waals surface area contributed by atoms with Gasteiger partial charge in [0.1, 0.15) is 24.2 Å². The van der Waals surface area contributed by atoms with Gasteiger partial charge < -0.3 is 39.0 Å². The van der Waals surface area contributed by atoms with E-state index in [1.807, 2.05) is 63.2 Å². The highest BCUT2D eigenvalue weighted by molar-refractivity contribution is 6.00. The Morgan fingerprint density at radius 3 is 2.45 bits per heavy atom. The molecule has 1 unspecified atom stereocenters. The van der Waals surface area contributed by atoms with Crippen LogP contribution in [0.5, 0.6) is 0 Å². The van der Waals surface area contributed by atoms with Gasteiger partial charge in [-0.15, -0.1) is 0 Å². The molecule has 15 heteroatoms. The third-order valence-corrected chi connectivity index (χ3v) is 12.6. The number of para-hydroxylation sites is 1. The molecule has 58 heavy (non-hydrogen) atoms. The van der Waals surface area contributed by atoms with E-state index in [1.165, 1.54) is 19.0 Å². The van der Waals surface area contributed by atoms with Crippen LogP contribution in [0.2, 0.25) is 0 Å². The Kier molecular flexibility index (Phi) is 14.6. The van der Waals surface area contributed by atoms with Crippen LogP contribution in [0.15, 0.2) is 36.5 Å². The summed E-state index contributed by atoms with van der Waals surface area (Å²) in [5.74, 6) is -4.51. The molecular weight excluding hydrogens is 746 g/mol. The molecule has 0 spiro atoms. The molecule has 0 radical (unpaired) electrons. The molecule has 0 aliphatic carbocycles. The molecule has 3 aliphatic rings. The van der Waals surface area contributed by atoms with E-state index in [9.17, 15) is 24.3 Å². The third kappa shape index (κ3) is 9.34. The maximum Gasteiger partial charge on any atom is 0.425 e. The number of rotatable bonds is 10. The van der Waals surface area contributed by atoms with Crippen molar-refractivity contribution in [3.8, 4) is 0 Å². The number of hydrazine groups is 1. The Morgan fingerprint density at radius 2 is 1.78 bits per heavy atom. The number of methoxy groups -OCH3 is 1. The highest BCUT2D eigenvalue weighted by Gasteiger charge is 2.59. The lowest BCUT2D eigenvalue weighted by molar-refractivity contribution is -0.295. The molecule has 1 aromatic carbocycles. The van der Waals surface area contributed by atoms with Crippen molar-refractivity contribution >= 4 is 34.7 Å². The summed E-state index contributed by atoms with van der Waals surface area (Å²) < 4.78 is 31.1. The zero-order valence-corrected chi connectivity index (χ0v) is 36.0. The molecule has 2 aromatic rings. The van der Waals surface area contributed by atoms with Gasteiger partial charge in [-0.2, -0.15) is 0 Å². The molecule has 3 saturated heterocycles. The molecule has 13 atom stereocenters. The standard InChI is InChI=1S/C43H65N5O10/c1-12-33-43(8)36(48(41(53)58-43)45-20-15-16-29-19-21-44-31-18-14-13-17-30(29)31)28(6)46-38(51)24(2)23-42(7,54-11)37(26(4)34(49)27(5)39(52)56-33)57-40-35(50)32(47(9)10)22-25(3)55-40/h13-14,17-19,21,24-28,32-33,35-37,40,45,50H,12,15-16,20,22-23H2,1-11H3,(H,46,51)/t24-,25-,26-,27-,28?,32+,33+,35-,36-,37-,40+,42+,43-/m1/s1. The van der Waals surface area contributed by atoms with Crippen molar-refractivity contribution in [1.82, 2.24) is 25.6 Å². The summed E-state index contributed by atoms with van der Waals surface area (Å²) in [5.41, 5.74) is 2.59. The number of carbonyl (C=O) groups excluding carboxylic acids is 4. The van der Waals surface area contributed by atoms with Gasteiger partial charge in [-0.05, 0) is 98.5 Å². The summed E-state index contributed by atoms with van der Waals surface area (Å²) in [7, 11) is 5.22. The number of benzene rings is 1. The Bertz CT molecular complexity index is 1770. The average molecular weight is 812 g/mol. The predicted octanol–water partition coefficient (Wildman–Crippen LogP) is 4.18. The van der Waals surface area contributed by atoms with Crippen molar-refractivity contribution in [2.45, 2.75) is 148 Å². The van der Waals surface area contributed by atoms with Gasteiger partial charge >= 0.3 is 12.1 Å². The summed E-state index contributed by atoms with van der Waals surface area (Å²) in [6, 6.07) is 8.12. The largest absolute Gasteiger partial charge is 0.457 e. The third-order valence-electron chi connectivity index (χ3n) is 12.6. The lowest BCUT2D eigenvalue weighted by Gasteiger charge is -2.46. The molecular formula is C43H65N5O10. The summed E-state index contributed by atoms with van der Waals surface area (Å²) >= 11 is 0. The van der Waals surface area contributed by atoms with E-state index in [2.05, 4.69) is 15.7 Å². The number of cyclic esters (lactones) is 1. The number of Topliss-reactive ketones (excluding diaryl/α,β-unsaturated/α-hetero) is 1. The maximum absolute atomic E-state index is 14.4. The first-order chi connectivity index (χ1) is 27.4. The fourth-order valence-corrected chi connectivity index (χ4v) is 9.22. The van der Waals surface area contributed by atoms with Crippen LogP contribution in [0, 0.1) is 17.8 Å². The number of likely N-dealkylation sites (N-methyl/N-ethyl adjacent to an activating group) is 1. The van der Waals surface area contributed by atoms with Crippen LogP contribution >= 0.6 is 0 Å². The van der Waals surface area contributed by atoms with Crippen LogP contribution in [-0.4, -0.2) is 132 Å². The molecule has 3 fully saturated rings. The van der Waals surface area contributed by atoms with Gasteiger partial charge in [0.05, 0.1) is 29.4 Å². The summed E-state index contributed by atoms with van der Waals surface area (Å²) in [4.78, 5) is 62.7. The van der Waals surface area contributed by atoms with Crippen molar-refractivity contribution in [2.75, 3.05) is 27.7 Å². The lowest BCUT2D eigenvalue weighted by atomic mass is 9.78. The number of pyridine rings is 1. The lowest BCUT2D eigenvalue weighted by Crippen LogP contribution is -2.63. The van der Waals surface area contributed by atoms with Gasteiger partial charge in [0.2, 0.25) is 5.91 Å². The van der Waals surface area contributed by atoms with Crippen LogP contribution in [-0.2, 0) is 44.5 Å². The van der Waals surface area contributed by atoms with Gasteiger partial charge in [0.15, 0.2) is 17.7 Å². The number of ether oxygens (including phenoxy) is 5. The van der Waals surface area contributed by atoms with E-state index in [4.69, 9.17) is 23.7 Å². The summed E-state index contributed by atoms with van der Waals surface area (Å²) in [5, 5.41) is 17.0. The molecule has 5 rings (SSSR count). The van der Waals surface area contributed by atoms with Gasteiger partial charge in [-0.3, -0.25) is 19.4 Å². The van der Waals surface area contributed by atoms with E-state index >= 15 is 0 Å². The first kappa shape index (κ1) is 45.4. The predicted molar refractivity (Wildman–Crippen MR) is 216 cm³/mol. The Hall–Kier alpha value is -3.73. The second-order valence-electron chi connectivity index (χ2n) is 17.2. The quantitative estimate of drug-likeness (QED) is 0.177. The zero-order chi connectivity index (χ0) is 42.7. The van der Waals surface area contributed by atoms with Crippen molar-refractivity contribution < 1.29 is 48.0 Å². The first-order valence-electron chi connectivity index (χ1n) is 20.7. The molecule has 3 N–H and O–H groups in total. The molecule has 15 nitrogen and oxygen atoms in total. The van der Waals surface area contributed by atoms with Gasteiger partial charge in [-0.25, -0.2) is 15.2 Å². The normalized spacial score (nSPS) is 36.8. The number of nitrogens with one attached hydrogen (secondary N) is 2. The van der Waals surface area contributed by atoms with Gasteiger partial charge in [-0.1, -0.05) is 39.0 Å². The van der Waals surface area contributed by atoms with Crippen LogP contribution in [0.4, 0.5) is 4.79 Å². The molecule has 322 valence electrons. The Balaban J connectivity index is 1.44. The SMILES string of the molecule is CC[C@@H]1OC(=O)[C@H](C)C(=O)[C@@H](C)[C@@H](O[C@@H]2O[C@H](C)C[C@H](N(C)C)[C@H]2O)[C@@](C)(OC)C[C@@H](C)C(=O)NC(C)[C@H]2N(NCCCc3ccnc4ccccc34)C(=O)O[C@]12C. The molecule has 2 amide bonds. The molecule has 1 aromatic heterocycles. The fraction of sp³-hybridized carbons (Fsp3) is 0.698. The second-order valence-corrected chi connectivity index (χ2v) is 17.2. The Labute approximate surface area is 342 Å². The molecule has 3 aliphatic heterocycles. The van der Waals surface area contributed by atoms with E-state index in [-0.39, 0.29) is 30.9 Å². The number of fused-ring (bicyclic) bond motifs is 2. The van der Waals surface area contributed by atoms with Crippen molar-refractivity contribution in [3.63, 3.8) is 0 Å². The second kappa shape index (κ2) is 18.7. The van der Waals surface area contributed by atoms with Crippen molar-refractivity contribution in [3.05, 3.63) is 42.1 Å². The van der Waals surface area contributed by atoms with Crippen LogP contribution in [0.1, 0.15) is 86.6 Å². The van der Waals surface area contributed by atoms with E-state index < -0.39 is 83.5 Å². The van der Waals surface area contributed by atoms with E-state index in [1.54, 1.807) is 40.8 Å². The average Bonchev–Trinajstić information content (AvgIpc) is 3.45. The van der Waals surface area contributed by atoms with Crippen LogP contribution in [0.3, 0.4) is 0 Å². The minimum absolute atomic E-state index is 0.0965. The number of hydrogen-bond donors (Lipinski definition) is 3. The van der Waals surface area contributed by atoms with E-state index in [0.29, 0.717) is 25.8 Å². The smallest absolute Gasteiger partial charge is 0.425 e. The first-order valence-corrected chi connectivity index (χ1v) is 20.7. The van der Waals surface area contributed by atoms with Crippen LogP contribution < -0.4 is 10.7 Å². The monoisotopic (exact) mass is 811 g/mol. The number of aryl methyl sites for hydroxylation is 1. The highest BCUT2D eigenvalue weighted by atomic mass is 16.7. The van der Waals surface area contributed by atoms with Gasteiger partial charge in [0, 0.05) is 43.1 Å². The molecule has 4 heterocycles. The minimum Gasteiger partial charge on any atom is -0.457 e. The highest BCUT2D eigenvalue weighted by Crippen LogP contribution is 2.39. The number of carbonyl (C=O) groups is 4. The summed E-state index contributed by atoms with van der Waals surface area (Å²) in [6.45, 7) is 14.2. The molecule has 0 saturated carbocycles. The van der Waals surface area contributed by atoms with Crippen LogP contribution in [0.25, 0.3) is 10.9 Å². The summed E-state index contributed by atoms with van der Waals surface area (Å²) in [6.07, 6.45) is -1.08. The number of nitrogens with zero attached hydrogens (tertiary/aromatic N) is 3. The van der Waals surface area contributed by atoms with Gasteiger partial charge in [0.25, 0.3) is 0 Å². The van der Waals surface area contributed by atoms with Crippen molar-refractivity contribution in [1.29, 1.82) is 0 Å². The maximum atomic E-state index is 14.4. The number of ketones is 1. The van der Waals surface area contributed by atoms with Crippen molar-refractivity contribution in [2.24, 2.45) is 17.8 Å². The molecule has 0 bridgehead atoms. The number of hydrogen-bond acceptors (Lipinski definition) is 13. The fourth-order valence-electron chi connectivity index (χ4n) is 9.22. The Morgan fingerprint density at radius 1 is 1.07 bits per heavy atom. The topological polar surface area (TPSA) is 178 Å². The minimum atomic E-state index is -1.43. The number of aliphatic hydroxyl groups excluding tert-OH is 1. The number of aliphatic hydroxyl groups is 1. The number of aromatic nitrogens is 1.